The van der Waals surface area contributed by atoms with E-state index in [1.807, 2.05) is 31.2 Å². The average molecular weight is 343 g/mol. The molecule has 0 heterocycles. The van der Waals surface area contributed by atoms with Gasteiger partial charge < -0.3 is 10.4 Å². The number of carbonyl (C=O) groups is 2. The number of aliphatic carboxylic acids is 1. The first-order valence-corrected chi connectivity index (χ1v) is 7.61. The molecule has 1 unspecified atom stereocenters. The van der Waals surface area contributed by atoms with Crippen molar-refractivity contribution in [3.05, 3.63) is 29.8 Å². The lowest BCUT2D eigenvalue weighted by molar-refractivity contribution is -0.139. The first-order valence-electron chi connectivity index (χ1n) is 7.61. The average Bonchev–Trinajstić information content (AvgIpc) is 2.42. The van der Waals surface area contributed by atoms with Crippen LogP contribution in [0.15, 0.2) is 24.3 Å². The van der Waals surface area contributed by atoms with Crippen molar-refractivity contribution in [1.82, 2.24) is 5.32 Å². The first-order chi connectivity index (χ1) is 10.3. The number of nitrogens with one attached hydrogen (secondary N) is 2. The topological polar surface area (TPSA) is 78.4 Å². The van der Waals surface area contributed by atoms with Gasteiger partial charge in [0, 0.05) is 5.69 Å². The molecule has 1 atom stereocenters. The van der Waals surface area contributed by atoms with E-state index in [1.165, 1.54) is 0 Å². The summed E-state index contributed by atoms with van der Waals surface area (Å²) in [6.45, 7) is 8.14. The molecular formula is C17H27ClN2O3. The Balaban J connectivity index is 0.00000484. The molecule has 0 radical (unpaired) electrons. The Kier molecular flexibility index (Phi) is 8.87. The van der Waals surface area contributed by atoms with Gasteiger partial charge in [0.15, 0.2) is 0 Å². The number of rotatable bonds is 7. The third kappa shape index (κ3) is 7.01. The van der Waals surface area contributed by atoms with Gasteiger partial charge in [0.1, 0.15) is 6.04 Å². The molecule has 0 aliphatic heterocycles. The zero-order valence-corrected chi connectivity index (χ0v) is 15.0. The maximum absolute atomic E-state index is 12.1. The normalized spacial score (nSPS) is 12.2. The second-order valence-corrected chi connectivity index (χ2v) is 6.40. The fourth-order valence-corrected chi connectivity index (χ4v) is 2.26. The quantitative estimate of drug-likeness (QED) is 0.711. The molecule has 0 saturated carbocycles. The number of para-hydroxylation sites is 1. The number of benzene rings is 1. The van der Waals surface area contributed by atoms with Crippen molar-refractivity contribution in [3.8, 4) is 0 Å². The summed E-state index contributed by atoms with van der Waals surface area (Å²) in [5.41, 5.74) is 1.74. The second kappa shape index (κ2) is 9.53. The van der Waals surface area contributed by atoms with Crippen LogP contribution < -0.4 is 10.6 Å². The molecule has 1 aromatic carbocycles. The van der Waals surface area contributed by atoms with Crippen LogP contribution in [-0.2, 0) is 15.0 Å². The Morgan fingerprint density at radius 2 is 1.83 bits per heavy atom. The molecule has 3 N–H and O–H groups in total. The highest BCUT2D eigenvalue weighted by molar-refractivity contribution is 5.93. The highest BCUT2D eigenvalue weighted by atomic mass is 35.5. The molecule has 1 rings (SSSR count). The summed E-state index contributed by atoms with van der Waals surface area (Å²) >= 11 is 0. The minimum Gasteiger partial charge on any atom is -0.480 e. The Morgan fingerprint density at radius 1 is 1.22 bits per heavy atom. The summed E-state index contributed by atoms with van der Waals surface area (Å²) in [4.78, 5) is 23.1. The largest absolute Gasteiger partial charge is 0.480 e. The monoisotopic (exact) mass is 342 g/mol. The van der Waals surface area contributed by atoms with Gasteiger partial charge in [-0.2, -0.15) is 0 Å². The standard InChI is InChI=1S/C17H26N2O3.ClH/c1-5-8-14(16(21)22)18-11-15(20)19-13-10-7-6-9-12(13)17(2,3)4;/h6-7,9-10,14,18H,5,8,11H2,1-4H3,(H,19,20)(H,21,22);1H. The van der Waals surface area contributed by atoms with Crippen LogP contribution in [-0.4, -0.2) is 29.6 Å². The minimum absolute atomic E-state index is 0. The Labute approximate surface area is 144 Å². The lowest BCUT2D eigenvalue weighted by Gasteiger charge is -2.23. The highest BCUT2D eigenvalue weighted by Crippen LogP contribution is 2.29. The molecule has 1 amide bonds. The van der Waals surface area contributed by atoms with Crippen molar-refractivity contribution in [1.29, 1.82) is 0 Å². The van der Waals surface area contributed by atoms with Gasteiger partial charge >= 0.3 is 5.97 Å². The third-order valence-electron chi connectivity index (χ3n) is 3.39. The SMILES string of the molecule is CCCC(NCC(=O)Nc1ccccc1C(C)(C)C)C(=O)O.Cl. The number of carbonyl (C=O) groups excluding carboxylic acids is 1. The van der Waals surface area contributed by atoms with Crippen molar-refractivity contribution in [2.75, 3.05) is 11.9 Å². The van der Waals surface area contributed by atoms with Gasteiger partial charge in [-0.25, -0.2) is 0 Å². The van der Waals surface area contributed by atoms with Crippen LogP contribution in [0.5, 0.6) is 0 Å². The van der Waals surface area contributed by atoms with Gasteiger partial charge in [0.25, 0.3) is 0 Å². The molecule has 0 aromatic heterocycles. The summed E-state index contributed by atoms with van der Waals surface area (Å²) in [7, 11) is 0. The second-order valence-electron chi connectivity index (χ2n) is 6.40. The van der Waals surface area contributed by atoms with Crippen LogP contribution in [0.2, 0.25) is 0 Å². The molecular weight excluding hydrogens is 316 g/mol. The Hall–Kier alpha value is -1.59. The van der Waals surface area contributed by atoms with E-state index in [4.69, 9.17) is 5.11 Å². The number of carboxylic acids is 1. The van der Waals surface area contributed by atoms with Crippen LogP contribution >= 0.6 is 12.4 Å². The van der Waals surface area contributed by atoms with E-state index in [0.717, 1.165) is 17.7 Å². The zero-order valence-electron chi connectivity index (χ0n) is 14.2. The van der Waals surface area contributed by atoms with Gasteiger partial charge in [-0.05, 0) is 23.5 Å². The van der Waals surface area contributed by atoms with E-state index in [0.29, 0.717) is 6.42 Å². The van der Waals surface area contributed by atoms with Crippen LogP contribution in [0.4, 0.5) is 5.69 Å². The predicted molar refractivity (Wildman–Crippen MR) is 95.4 cm³/mol. The number of hydrogen-bond donors (Lipinski definition) is 3. The highest BCUT2D eigenvalue weighted by Gasteiger charge is 2.20. The summed E-state index contributed by atoms with van der Waals surface area (Å²) in [6.07, 6.45) is 1.25. The number of hydrogen-bond acceptors (Lipinski definition) is 3. The van der Waals surface area contributed by atoms with E-state index >= 15 is 0 Å². The lowest BCUT2D eigenvalue weighted by atomic mass is 9.86. The zero-order chi connectivity index (χ0) is 16.8. The van der Waals surface area contributed by atoms with Gasteiger partial charge in [0.05, 0.1) is 6.54 Å². The fraction of sp³-hybridized carbons (Fsp3) is 0.529. The molecule has 0 bridgehead atoms. The molecule has 0 fully saturated rings. The van der Waals surface area contributed by atoms with Crippen molar-refractivity contribution < 1.29 is 14.7 Å². The third-order valence-corrected chi connectivity index (χ3v) is 3.39. The summed E-state index contributed by atoms with van der Waals surface area (Å²) in [6, 6.07) is 6.97. The molecule has 1 aromatic rings. The number of amides is 1. The van der Waals surface area contributed by atoms with Crippen LogP contribution in [0.1, 0.15) is 46.1 Å². The van der Waals surface area contributed by atoms with Crippen molar-refractivity contribution in [2.24, 2.45) is 0 Å². The predicted octanol–water partition coefficient (Wildman–Crippen LogP) is 3.19. The summed E-state index contributed by atoms with van der Waals surface area (Å²) < 4.78 is 0. The molecule has 0 aliphatic rings. The summed E-state index contributed by atoms with van der Waals surface area (Å²) in [5, 5.41) is 14.7. The number of halogens is 1. The molecule has 0 saturated heterocycles. The van der Waals surface area contributed by atoms with E-state index in [-0.39, 0.29) is 30.3 Å². The van der Waals surface area contributed by atoms with Gasteiger partial charge in [0.2, 0.25) is 5.91 Å². The van der Waals surface area contributed by atoms with E-state index in [2.05, 4.69) is 31.4 Å². The Bertz CT molecular complexity index is 527. The van der Waals surface area contributed by atoms with E-state index in [9.17, 15) is 9.59 Å². The van der Waals surface area contributed by atoms with Crippen molar-refractivity contribution in [2.45, 2.75) is 52.0 Å². The molecule has 5 nitrogen and oxygen atoms in total. The lowest BCUT2D eigenvalue weighted by Crippen LogP contribution is -2.41. The fourth-order valence-electron chi connectivity index (χ4n) is 2.26. The molecule has 0 aliphatic carbocycles. The van der Waals surface area contributed by atoms with Gasteiger partial charge in [-0.1, -0.05) is 52.3 Å². The van der Waals surface area contributed by atoms with E-state index < -0.39 is 12.0 Å². The van der Waals surface area contributed by atoms with Crippen LogP contribution in [0.25, 0.3) is 0 Å². The first kappa shape index (κ1) is 21.4. The van der Waals surface area contributed by atoms with E-state index in [1.54, 1.807) is 0 Å². The maximum Gasteiger partial charge on any atom is 0.320 e. The van der Waals surface area contributed by atoms with Gasteiger partial charge in [-0.3, -0.25) is 14.9 Å². The van der Waals surface area contributed by atoms with Crippen molar-refractivity contribution >= 4 is 30.0 Å². The molecule has 0 spiro atoms. The Morgan fingerprint density at radius 3 is 2.35 bits per heavy atom. The van der Waals surface area contributed by atoms with Crippen molar-refractivity contribution in [3.63, 3.8) is 0 Å². The summed E-state index contributed by atoms with van der Waals surface area (Å²) in [5.74, 6) is -1.16. The van der Waals surface area contributed by atoms with Crippen LogP contribution in [0.3, 0.4) is 0 Å². The van der Waals surface area contributed by atoms with Gasteiger partial charge in [-0.15, -0.1) is 12.4 Å². The smallest absolute Gasteiger partial charge is 0.320 e. The minimum atomic E-state index is -0.926. The molecule has 6 heteroatoms. The van der Waals surface area contributed by atoms with Crippen LogP contribution in [0, 0.1) is 0 Å². The number of anilines is 1. The molecule has 130 valence electrons. The molecule has 23 heavy (non-hydrogen) atoms. The number of carboxylic acid groups (broad SMARTS) is 1. The maximum atomic E-state index is 12.1.